The molecule has 1 aromatic rings. The molecule has 1 amide bonds. The average Bonchev–Trinajstić information content (AvgIpc) is 2.26. The first-order chi connectivity index (χ1) is 8.27. The average molecular weight is 269 g/mol. The van der Waals surface area contributed by atoms with Crippen LogP contribution in [0.25, 0.3) is 0 Å². The Bertz CT molecular complexity index is 549. The van der Waals surface area contributed by atoms with E-state index >= 15 is 0 Å². The molecule has 0 saturated carbocycles. The molecule has 1 rings (SSSR count). The van der Waals surface area contributed by atoms with Gasteiger partial charge in [0, 0.05) is 5.92 Å². The van der Waals surface area contributed by atoms with Gasteiger partial charge in [0.25, 0.3) is 10.0 Å². The maximum atomic E-state index is 12.1. The minimum absolute atomic E-state index is 0.157. The standard InChI is InChI=1S/C13H19NO3S/c1-5-10(3)13(15)14-18(16,17)12-7-6-9(2)8-11(12)4/h6-8,10H,5H2,1-4H3,(H,14,15)/t10-/m0/s1. The highest BCUT2D eigenvalue weighted by molar-refractivity contribution is 7.90. The van der Waals surface area contributed by atoms with Crippen LogP contribution in [-0.4, -0.2) is 14.3 Å². The van der Waals surface area contributed by atoms with Crippen LogP contribution in [0, 0.1) is 19.8 Å². The molecule has 0 aromatic heterocycles. The van der Waals surface area contributed by atoms with Crippen LogP contribution in [0.3, 0.4) is 0 Å². The zero-order valence-electron chi connectivity index (χ0n) is 11.1. The molecular formula is C13H19NO3S. The second-order valence-corrected chi connectivity index (χ2v) is 6.20. The van der Waals surface area contributed by atoms with Gasteiger partial charge in [-0.05, 0) is 31.9 Å². The van der Waals surface area contributed by atoms with Crippen LogP contribution in [0.4, 0.5) is 0 Å². The van der Waals surface area contributed by atoms with E-state index in [0.717, 1.165) is 5.56 Å². The number of hydrogen-bond donors (Lipinski definition) is 1. The Morgan fingerprint density at radius 1 is 1.33 bits per heavy atom. The van der Waals surface area contributed by atoms with Crippen LogP contribution >= 0.6 is 0 Å². The molecular weight excluding hydrogens is 250 g/mol. The number of amides is 1. The molecule has 0 aliphatic heterocycles. The number of hydrogen-bond acceptors (Lipinski definition) is 3. The van der Waals surface area contributed by atoms with Gasteiger partial charge in [-0.15, -0.1) is 0 Å². The summed E-state index contributed by atoms with van der Waals surface area (Å²) in [6.45, 7) is 7.15. The molecule has 0 saturated heterocycles. The van der Waals surface area contributed by atoms with Gasteiger partial charge in [0.15, 0.2) is 0 Å². The fourth-order valence-electron chi connectivity index (χ4n) is 1.57. The molecule has 0 bridgehead atoms. The first-order valence-electron chi connectivity index (χ1n) is 5.92. The number of rotatable bonds is 4. The Hall–Kier alpha value is -1.36. The predicted molar refractivity (Wildman–Crippen MR) is 70.7 cm³/mol. The number of carbonyl (C=O) groups excluding carboxylic acids is 1. The topological polar surface area (TPSA) is 63.2 Å². The molecule has 0 aliphatic rings. The van der Waals surface area contributed by atoms with Crippen molar-refractivity contribution in [2.75, 3.05) is 0 Å². The highest BCUT2D eigenvalue weighted by Crippen LogP contribution is 2.16. The summed E-state index contributed by atoms with van der Waals surface area (Å²) in [5.41, 5.74) is 1.62. The largest absolute Gasteiger partial charge is 0.274 e. The van der Waals surface area contributed by atoms with Crippen molar-refractivity contribution in [3.05, 3.63) is 29.3 Å². The highest BCUT2D eigenvalue weighted by Gasteiger charge is 2.22. The molecule has 4 nitrogen and oxygen atoms in total. The quantitative estimate of drug-likeness (QED) is 0.911. The summed E-state index contributed by atoms with van der Waals surface area (Å²) in [7, 11) is -3.76. The van der Waals surface area contributed by atoms with E-state index in [1.165, 1.54) is 6.07 Å². The van der Waals surface area contributed by atoms with Crippen LogP contribution in [-0.2, 0) is 14.8 Å². The van der Waals surface area contributed by atoms with Gasteiger partial charge < -0.3 is 0 Å². The van der Waals surface area contributed by atoms with Gasteiger partial charge in [-0.2, -0.15) is 0 Å². The Kier molecular flexibility index (Phi) is 4.51. The number of aryl methyl sites for hydroxylation is 2. The summed E-state index contributed by atoms with van der Waals surface area (Å²) in [5.74, 6) is -0.775. The predicted octanol–water partition coefficient (Wildman–Crippen LogP) is 2.15. The molecule has 0 fully saturated rings. The maximum Gasteiger partial charge on any atom is 0.264 e. The number of carbonyl (C=O) groups is 1. The van der Waals surface area contributed by atoms with Crippen LogP contribution < -0.4 is 4.72 Å². The lowest BCUT2D eigenvalue weighted by Crippen LogP contribution is -2.34. The van der Waals surface area contributed by atoms with Crippen molar-refractivity contribution >= 4 is 15.9 Å². The number of sulfonamides is 1. The minimum Gasteiger partial charge on any atom is -0.274 e. The van der Waals surface area contributed by atoms with E-state index in [1.54, 1.807) is 26.0 Å². The smallest absolute Gasteiger partial charge is 0.264 e. The third-order valence-corrected chi connectivity index (χ3v) is 4.42. The van der Waals surface area contributed by atoms with Gasteiger partial charge in [0.2, 0.25) is 5.91 Å². The van der Waals surface area contributed by atoms with Gasteiger partial charge in [-0.1, -0.05) is 31.5 Å². The van der Waals surface area contributed by atoms with Crippen LogP contribution in [0.15, 0.2) is 23.1 Å². The fraction of sp³-hybridized carbons (Fsp3) is 0.462. The molecule has 1 aromatic carbocycles. The summed E-state index contributed by atoms with van der Waals surface area (Å²) in [6.07, 6.45) is 0.605. The number of nitrogens with one attached hydrogen (secondary N) is 1. The van der Waals surface area contributed by atoms with Crippen molar-refractivity contribution in [2.24, 2.45) is 5.92 Å². The van der Waals surface area contributed by atoms with Crippen molar-refractivity contribution in [1.82, 2.24) is 4.72 Å². The van der Waals surface area contributed by atoms with E-state index in [9.17, 15) is 13.2 Å². The second-order valence-electron chi connectivity index (χ2n) is 4.55. The first kappa shape index (κ1) is 14.7. The Morgan fingerprint density at radius 3 is 2.44 bits per heavy atom. The summed E-state index contributed by atoms with van der Waals surface area (Å²) < 4.78 is 26.2. The zero-order valence-corrected chi connectivity index (χ0v) is 12.0. The SMILES string of the molecule is CC[C@H](C)C(=O)NS(=O)(=O)c1ccc(C)cc1C. The van der Waals surface area contributed by atoms with Crippen molar-refractivity contribution in [3.8, 4) is 0 Å². The molecule has 0 aliphatic carbocycles. The van der Waals surface area contributed by atoms with Gasteiger partial charge in [-0.3, -0.25) is 4.79 Å². The Labute approximate surface area is 108 Å². The molecule has 100 valence electrons. The molecule has 5 heteroatoms. The van der Waals surface area contributed by atoms with Crippen molar-refractivity contribution in [3.63, 3.8) is 0 Å². The molecule has 0 spiro atoms. The van der Waals surface area contributed by atoms with Crippen LogP contribution in [0.2, 0.25) is 0 Å². The van der Waals surface area contributed by atoms with Gasteiger partial charge in [0.1, 0.15) is 0 Å². The summed E-state index contributed by atoms with van der Waals surface area (Å²) in [4.78, 5) is 11.8. The van der Waals surface area contributed by atoms with E-state index in [4.69, 9.17) is 0 Å². The van der Waals surface area contributed by atoms with E-state index in [-0.39, 0.29) is 10.8 Å². The van der Waals surface area contributed by atoms with Gasteiger partial charge >= 0.3 is 0 Å². The van der Waals surface area contributed by atoms with Crippen molar-refractivity contribution in [1.29, 1.82) is 0 Å². The van der Waals surface area contributed by atoms with E-state index in [1.807, 2.05) is 13.8 Å². The summed E-state index contributed by atoms with van der Waals surface area (Å²) in [5, 5.41) is 0. The minimum atomic E-state index is -3.76. The third kappa shape index (κ3) is 3.32. The van der Waals surface area contributed by atoms with Crippen molar-refractivity contribution < 1.29 is 13.2 Å². The Balaban J connectivity index is 3.04. The zero-order chi connectivity index (χ0) is 13.9. The van der Waals surface area contributed by atoms with Crippen molar-refractivity contribution in [2.45, 2.75) is 39.0 Å². The summed E-state index contributed by atoms with van der Waals surface area (Å²) >= 11 is 0. The molecule has 0 unspecified atom stereocenters. The molecule has 0 heterocycles. The lowest BCUT2D eigenvalue weighted by Gasteiger charge is -2.12. The molecule has 1 atom stereocenters. The monoisotopic (exact) mass is 269 g/mol. The van der Waals surface area contributed by atoms with E-state index < -0.39 is 15.9 Å². The van der Waals surface area contributed by atoms with E-state index in [2.05, 4.69) is 4.72 Å². The number of benzene rings is 1. The second kappa shape index (κ2) is 5.52. The first-order valence-corrected chi connectivity index (χ1v) is 7.40. The van der Waals surface area contributed by atoms with Gasteiger partial charge in [-0.25, -0.2) is 13.1 Å². The lowest BCUT2D eigenvalue weighted by atomic mass is 10.1. The Morgan fingerprint density at radius 2 is 1.94 bits per heavy atom. The highest BCUT2D eigenvalue weighted by atomic mass is 32.2. The van der Waals surface area contributed by atoms with Crippen LogP contribution in [0.5, 0.6) is 0 Å². The lowest BCUT2D eigenvalue weighted by molar-refractivity contribution is -0.122. The molecule has 1 N–H and O–H groups in total. The fourth-order valence-corrected chi connectivity index (χ4v) is 2.88. The summed E-state index contributed by atoms with van der Waals surface area (Å²) in [6, 6.07) is 5.02. The van der Waals surface area contributed by atoms with Gasteiger partial charge in [0.05, 0.1) is 4.90 Å². The maximum absolute atomic E-state index is 12.1. The van der Waals surface area contributed by atoms with E-state index in [0.29, 0.717) is 12.0 Å². The van der Waals surface area contributed by atoms with Crippen LogP contribution in [0.1, 0.15) is 31.4 Å². The normalized spacial score (nSPS) is 13.1. The third-order valence-electron chi connectivity index (χ3n) is 2.91. The molecule has 0 radical (unpaired) electrons. The molecule has 18 heavy (non-hydrogen) atoms.